The van der Waals surface area contributed by atoms with Gasteiger partial charge in [-0.05, 0) is 30.7 Å². The molecule has 0 amide bonds. The second-order valence-corrected chi connectivity index (χ2v) is 9.07. The maximum absolute atomic E-state index is 12.0. The van der Waals surface area contributed by atoms with E-state index >= 15 is 0 Å². The van der Waals surface area contributed by atoms with Crippen LogP contribution in [0.25, 0.3) is 0 Å². The van der Waals surface area contributed by atoms with Crippen LogP contribution in [0.3, 0.4) is 0 Å². The predicted molar refractivity (Wildman–Crippen MR) is 62.4 cm³/mol. The van der Waals surface area contributed by atoms with Gasteiger partial charge in [0.1, 0.15) is 3.66 Å². The van der Waals surface area contributed by atoms with E-state index < -0.39 is 13.5 Å². The number of hydrogen-bond acceptors (Lipinski definition) is 2. The smallest absolute Gasteiger partial charge is 0.194 e. The first kappa shape index (κ1) is 10.6. The maximum Gasteiger partial charge on any atom is 0.194 e. The molecule has 0 spiro atoms. The van der Waals surface area contributed by atoms with Crippen LogP contribution in [-0.4, -0.2) is 12.1 Å². The third kappa shape index (κ3) is 1.37. The van der Waals surface area contributed by atoms with Crippen LogP contribution in [0.15, 0.2) is 27.6 Å². The van der Waals surface area contributed by atoms with Crippen LogP contribution in [0.4, 0.5) is 0 Å². The highest BCUT2D eigenvalue weighted by Gasteiger charge is 2.45. The van der Waals surface area contributed by atoms with E-state index in [-0.39, 0.29) is 0 Å². The van der Waals surface area contributed by atoms with Crippen LogP contribution < -0.4 is 0 Å². The minimum absolute atomic E-state index is 0.445. The number of rotatable bonds is 0. The number of benzene rings is 1. The molecule has 1 unspecified atom stereocenters. The van der Waals surface area contributed by atoms with Gasteiger partial charge in [-0.25, -0.2) is 8.42 Å². The molecular formula is C9H8Br2O2S. The standard InChI is InChI=1S/C9H8Br2O2S/c1-9(11)5-6-4-7(10)2-3-8(6)14(9,12)13/h2-4H,5H2,1H3. The van der Waals surface area contributed by atoms with Gasteiger partial charge in [0.25, 0.3) is 0 Å². The fourth-order valence-electron chi connectivity index (χ4n) is 1.61. The fraction of sp³-hybridized carbons (Fsp3) is 0.333. The van der Waals surface area contributed by atoms with Crippen molar-refractivity contribution in [3.05, 3.63) is 28.2 Å². The second-order valence-electron chi connectivity index (χ2n) is 3.53. The van der Waals surface area contributed by atoms with Gasteiger partial charge in [-0.15, -0.1) is 0 Å². The lowest BCUT2D eigenvalue weighted by Gasteiger charge is -2.12. The van der Waals surface area contributed by atoms with Crippen LogP contribution in [0.5, 0.6) is 0 Å². The number of fused-ring (bicyclic) bond motifs is 1. The minimum atomic E-state index is -3.20. The molecule has 1 aromatic rings. The number of sulfone groups is 1. The maximum atomic E-state index is 12.0. The molecule has 1 aromatic carbocycles. The molecule has 0 aromatic heterocycles. The summed E-state index contributed by atoms with van der Waals surface area (Å²) in [6.07, 6.45) is 0.518. The lowest BCUT2D eigenvalue weighted by Crippen LogP contribution is -2.23. The molecule has 0 bridgehead atoms. The first-order chi connectivity index (χ1) is 6.34. The van der Waals surface area contributed by atoms with E-state index in [2.05, 4.69) is 31.9 Å². The molecule has 5 heteroatoms. The lowest BCUT2D eigenvalue weighted by molar-refractivity contribution is 0.586. The Hall–Kier alpha value is 0.130. The van der Waals surface area contributed by atoms with Gasteiger partial charge in [0, 0.05) is 10.9 Å². The molecule has 1 atom stereocenters. The van der Waals surface area contributed by atoms with Crippen molar-refractivity contribution in [1.82, 2.24) is 0 Å². The van der Waals surface area contributed by atoms with Gasteiger partial charge in [-0.3, -0.25) is 0 Å². The summed E-state index contributed by atoms with van der Waals surface area (Å²) in [4.78, 5) is 0.445. The van der Waals surface area contributed by atoms with Crippen LogP contribution in [-0.2, 0) is 16.3 Å². The van der Waals surface area contributed by atoms with Gasteiger partial charge in [-0.1, -0.05) is 31.9 Å². The SMILES string of the molecule is CC1(Br)Cc2cc(Br)ccc2S1(=O)=O. The largest absolute Gasteiger partial charge is 0.222 e. The quantitative estimate of drug-likeness (QED) is 0.681. The monoisotopic (exact) mass is 338 g/mol. The van der Waals surface area contributed by atoms with Gasteiger partial charge >= 0.3 is 0 Å². The first-order valence-electron chi connectivity index (χ1n) is 4.06. The van der Waals surface area contributed by atoms with Gasteiger partial charge in [0.2, 0.25) is 0 Å². The first-order valence-corrected chi connectivity index (χ1v) is 7.13. The van der Waals surface area contributed by atoms with Crippen molar-refractivity contribution >= 4 is 41.7 Å². The third-order valence-corrected chi connectivity index (χ3v) is 6.67. The highest BCUT2D eigenvalue weighted by Crippen LogP contribution is 2.43. The number of hydrogen-bond donors (Lipinski definition) is 0. The van der Waals surface area contributed by atoms with E-state index in [0.717, 1.165) is 10.0 Å². The zero-order chi connectivity index (χ0) is 10.6. The Balaban J connectivity index is 2.73. The zero-order valence-electron chi connectivity index (χ0n) is 7.42. The van der Waals surface area contributed by atoms with Crippen molar-refractivity contribution in [3.8, 4) is 0 Å². The molecule has 0 aliphatic carbocycles. The minimum Gasteiger partial charge on any atom is -0.222 e. The molecule has 1 heterocycles. The predicted octanol–water partition coefficient (Wildman–Crippen LogP) is 2.89. The van der Waals surface area contributed by atoms with Crippen LogP contribution in [0.2, 0.25) is 0 Å². The molecule has 1 aliphatic rings. The average Bonchev–Trinajstić information content (AvgIpc) is 2.18. The normalized spacial score (nSPS) is 28.8. The number of alkyl halides is 1. The van der Waals surface area contributed by atoms with Gasteiger partial charge in [-0.2, -0.15) is 0 Å². The van der Waals surface area contributed by atoms with Crippen molar-refractivity contribution < 1.29 is 8.42 Å². The van der Waals surface area contributed by atoms with Gasteiger partial charge < -0.3 is 0 Å². The van der Waals surface area contributed by atoms with Crippen LogP contribution in [0.1, 0.15) is 12.5 Å². The van der Waals surface area contributed by atoms with Crippen molar-refractivity contribution in [1.29, 1.82) is 0 Å². The topological polar surface area (TPSA) is 34.1 Å². The van der Waals surface area contributed by atoms with E-state index in [4.69, 9.17) is 0 Å². The summed E-state index contributed by atoms with van der Waals surface area (Å²) < 4.78 is 24.0. The summed E-state index contributed by atoms with van der Waals surface area (Å²) in [6, 6.07) is 5.27. The van der Waals surface area contributed by atoms with E-state index in [9.17, 15) is 8.42 Å². The van der Waals surface area contributed by atoms with E-state index in [1.54, 1.807) is 19.1 Å². The Labute approximate surface area is 99.9 Å². The van der Waals surface area contributed by atoms with E-state index in [1.807, 2.05) is 6.07 Å². The van der Waals surface area contributed by atoms with Crippen molar-refractivity contribution in [2.75, 3.05) is 0 Å². The van der Waals surface area contributed by atoms with Crippen LogP contribution in [0, 0.1) is 0 Å². The number of halogens is 2. The fourth-order valence-corrected chi connectivity index (χ4v) is 4.37. The Kier molecular flexibility index (Phi) is 2.33. The third-order valence-electron chi connectivity index (χ3n) is 2.38. The summed E-state index contributed by atoms with van der Waals surface area (Å²) in [5.41, 5.74) is 0.874. The molecule has 0 saturated heterocycles. The van der Waals surface area contributed by atoms with Crippen molar-refractivity contribution in [3.63, 3.8) is 0 Å². The highest BCUT2D eigenvalue weighted by molar-refractivity contribution is 9.11. The Bertz CT molecular complexity index is 492. The van der Waals surface area contributed by atoms with E-state index in [0.29, 0.717) is 11.3 Å². The lowest BCUT2D eigenvalue weighted by atomic mass is 10.1. The molecule has 0 saturated carbocycles. The molecule has 14 heavy (non-hydrogen) atoms. The Morgan fingerprint density at radius 2 is 2.07 bits per heavy atom. The Morgan fingerprint density at radius 3 is 2.71 bits per heavy atom. The molecule has 1 aliphatic heterocycles. The van der Waals surface area contributed by atoms with Crippen molar-refractivity contribution in [2.45, 2.75) is 21.9 Å². The Morgan fingerprint density at radius 1 is 1.43 bits per heavy atom. The van der Waals surface area contributed by atoms with Gasteiger partial charge in [0.05, 0.1) is 4.90 Å². The summed E-state index contributed by atoms with van der Waals surface area (Å²) in [6.45, 7) is 1.69. The van der Waals surface area contributed by atoms with E-state index in [1.165, 1.54) is 0 Å². The second kappa shape index (κ2) is 3.06. The molecule has 0 N–H and O–H groups in total. The molecule has 0 radical (unpaired) electrons. The highest BCUT2D eigenvalue weighted by atomic mass is 79.9. The molecule has 2 nitrogen and oxygen atoms in total. The molecule has 2 rings (SSSR count). The summed E-state index contributed by atoms with van der Waals surface area (Å²) in [5.74, 6) is 0. The average molecular weight is 340 g/mol. The zero-order valence-corrected chi connectivity index (χ0v) is 11.4. The summed E-state index contributed by atoms with van der Waals surface area (Å²) >= 11 is 6.60. The molecule has 0 fully saturated rings. The molecule has 76 valence electrons. The van der Waals surface area contributed by atoms with Crippen molar-refractivity contribution in [2.24, 2.45) is 0 Å². The van der Waals surface area contributed by atoms with Crippen LogP contribution >= 0.6 is 31.9 Å². The van der Waals surface area contributed by atoms with Gasteiger partial charge in [0.15, 0.2) is 9.84 Å². The summed E-state index contributed by atoms with van der Waals surface area (Å²) in [5, 5.41) is 0. The summed E-state index contributed by atoms with van der Waals surface area (Å²) in [7, 11) is -3.20. The molecular weight excluding hydrogens is 332 g/mol.